The first-order valence-electron chi connectivity index (χ1n) is 6.17. The Morgan fingerprint density at radius 1 is 1.29 bits per heavy atom. The fraction of sp³-hybridized carbons (Fsp3) is 0.500. The Hall–Kier alpha value is -1.02. The molecule has 1 rings (SSSR count). The molecular formula is C14H20ClNO. The second-order valence-electron chi connectivity index (χ2n) is 4.25. The molecule has 3 heteroatoms. The molecule has 1 N–H and O–H groups in total. The van der Waals surface area contributed by atoms with Crippen LogP contribution in [-0.2, 0) is 11.2 Å². The topological polar surface area (TPSA) is 29.1 Å². The van der Waals surface area contributed by atoms with Crippen molar-refractivity contribution in [2.45, 2.75) is 33.1 Å². The highest BCUT2D eigenvalue weighted by Crippen LogP contribution is 2.15. The molecule has 0 bridgehead atoms. The maximum absolute atomic E-state index is 11.7. The van der Waals surface area contributed by atoms with E-state index in [2.05, 4.69) is 19.2 Å². The Kier molecular flexibility index (Phi) is 6.06. The van der Waals surface area contributed by atoms with E-state index in [9.17, 15) is 4.79 Å². The smallest absolute Gasteiger partial charge is 0.224 e. The van der Waals surface area contributed by atoms with Crippen molar-refractivity contribution >= 4 is 17.5 Å². The van der Waals surface area contributed by atoms with Crippen LogP contribution in [0.4, 0.5) is 0 Å². The molecule has 0 radical (unpaired) electrons. The quantitative estimate of drug-likeness (QED) is 0.827. The van der Waals surface area contributed by atoms with Crippen molar-refractivity contribution < 1.29 is 4.79 Å². The van der Waals surface area contributed by atoms with Gasteiger partial charge >= 0.3 is 0 Å². The Morgan fingerprint density at radius 2 is 1.94 bits per heavy atom. The van der Waals surface area contributed by atoms with Gasteiger partial charge in [0.15, 0.2) is 0 Å². The lowest BCUT2D eigenvalue weighted by atomic mass is 10.0. The van der Waals surface area contributed by atoms with Crippen LogP contribution in [0.3, 0.4) is 0 Å². The lowest BCUT2D eigenvalue weighted by Gasteiger charge is -2.13. The monoisotopic (exact) mass is 253 g/mol. The Morgan fingerprint density at radius 3 is 2.53 bits per heavy atom. The van der Waals surface area contributed by atoms with E-state index in [0.29, 0.717) is 17.4 Å². The second-order valence-corrected chi connectivity index (χ2v) is 4.66. The van der Waals surface area contributed by atoms with E-state index in [1.54, 1.807) is 0 Å². The van der Waals surface area contributed by atoms with Crippen LogP contribution < -0.4 is 5.32 Å². The van der Waals surface area contributed by atoms with Gasteiger partial charge in [0.2, 0.25) is 5.91 Å². The molecular weight excluding hydrogens is 234 g/mol. The predicted molar refractivity (Wildman–Crippen MR) is 72.2 cm³/mol. The normalized spacial score (nSPS) is 10.6. The molecule has 17 heavy (non-hydrogen) atoms. The molecule has 2 nitrogen and oxygen atoms in total. The summed E-state index contributed by atoms with van der Waals surface area (Å²) in [6.45, 7) is 5.05. The summed E-state index contributed by atoms with van der Waals surface area (Å²) in [5.41, 5.74) is 0.885. The van der Waals surface area contributed by atoms with Crippen LogP contribution in [-0.4, -0.2) is 12.5 Å². The maximum Gasteiger partial charge on any atom is 0.224 e. The zero-order valence-corrected chi connectivity index (χ0v) is 11.3. The fourth-order valence-electron chi connectivity index (χ4n) is 1.71. The summed E-state index contributed by atoms with van der Waals surface area (Å²) in [7, 11) is 0. The van der Waals surface area contributed by atoms with E-state index >= 15 is 0 Å². The van der Waals surface area contributed by atoms with Crippen LogP contribution in [0.15, 0.2) is 24.3 Å². The minimum Gasteiger partial charge on any atom is -0.356 e. The van der Waals surface area contributed by atoms with Gasteiger partial charge in [-0.15, -0.1) is 0 Å². The largest absolute Gasteiger partial charge is 0.356 e. The average molecular weight is 254 g/mol. The molecule has 0 saturated heterocycles. The molecule has 0 aliphatic rings. The van der Waals surface area contributed by atoms with Crippen molar-refractivity contribution in [3.63, 3.8) is 0 Å². The molecule has 0 fully saturated rings. The first-order chi connectivity index (χ1) is 8.17. The summed E-state index contributed by atoms with van der Waals surface area (Å²) in [4.78, 5) is 11.7. The van der Waals surface area contributed by atoms with Crippen molar-refractivity contribution in [2.75, 3.05) is 6.54 Å². The number of amides is 1. The number of halogens is 1. The lowest BCUT2D eigenvalue weighted by molar-refractivity contribution is -0.120. The summed E-state index contributed by atoms with van der Waals surface area (Å²) in [6, 6.07) is 7.47. The van der Waals surface area contributed by atoms with Gasteiger partial charge in [-0.1, -0.05) is 56.5 Å². The number of nitrogens with one attached hydrogen (secondary N) is 1. The molecule has 0 unspecified atom stereocenters. The average Bonchev–Trinajstić information content (AvgIpc) is 2.33. The maximum atomic E-state index is 11.7. The summed E-state index contributed by atoms with van der Waals surface area (Å²) < 4.78 is 0. The van der Waals surface area contributed by atoms with Gasteiger partial charge in [0.05, 0.1) is 6.42 Å². The SMILES string of the molecule is CCC(CC)CNC(=O)Cc1ccccc1Cl. The van der Waals surface area contributed by atoms with Gasteiger partial charge in [0.1, 0.15) is 0 Å². The highest BCUT2D eigenvalue weighted by molar-refractivity contribution is 6.31. The van der Waals surface area contributed by atoms with E-state index < -0.39 is 0 Å². The third-order valence-electron chi connectivity index (χ3n) is 3.05. The van der Waals surface area contributed by atoms with Gasteiger partial charge in [-0.2, -0.15) is 0 Å². The second kappa shape index (κ2) is 7.33. The van der Waals surface area contributed by atoms with E-state index in [-0.39, 0.29) is 5.91 Å². The first-order valence-corrected chi connectivity index (χ1v) is 6.55. The van der Waals surface area contributed by atoms with Crippen LogP contribution in [0.2, 0.25) is 5.02 Å². The molecule has 0 spiro atoms. The van der Waals surface area contributed by atoms with Gasteiger partial charge in [-0.3, -0.25) is 4.79 Å². The first kappa shape index (κ1) is 14.0. The molecule has 0 aromatic heterocycles. The van der Waals surface area contributed by atoms with Crippen molar-refractivity contribution in [3.8, 4) is 0 Å². The molecule has 0 saturated carbocycles. The molecule has 0 heterocycles. The highest BCUT2D eigenvalue weighted by Gasteiger charge is 2.08. The van der Waals surface area contributed by atoms with Crippen molar-refractivity contribution in [1.82, 2.24) is 5.32 Å². The Bertz CT molecular complexity index is 361. The van der Waals surface area contributed by atoms with Gasteiger partial charge < -0.3 is 5.32 Å². The van der Waals surface area contributed by atoms with E-state index in [1.807, 2.05) is 24.3 Å². The number of carbonyl (C=O) groups is 1. The highest BCUT2D eigenvalue weighted by atomic mass is 35.5. The Balaban J connectivity index is 2.42. The van der Waals surface area contributed by atoms with Crippen LogP contribution in [0, 0.1) is 5.92 Å². The molecule has 1 amide bonds. The summed E-state index contributed by atoms with van der Waals surface area (Å²) >= 11 is 6.01. The van der Waals surface area contributed by atoms with Crippen molar-refractivity contribution in [1.29, 1.82) is 0 Å². The van der Waals surface area contributed by atoms with E-state index in [0.717, 1.165) is 24.9 Å². The molecule has 0 aliphatic heterocycles. The molecule has 1 aromatic carbocycles. The Labute approximate surface area is 108 Å². The van der Waals surface area contributed by atoms with Crippen LogP contribution in [0.1, 0.15) is 32.3 Å². The minimum atomic E-state index is 0.0463. The summed E-state index contributed by atoms with van der Waals surface area (Å²) in [5.74, 6) is 0.621. The van der Waals surface area contributed by atoms with E-state index in [4.69, 9.17) is 11.6 Å². The third kappa shape index (κ3) is 4.78. The number of benzene rings is 1. The number of hydrogen-bond donors (Lipinski definition) is 1. The van der Waals surface area contributed by atoms with Crippen LogP contribution >= 0.6 is 11.6 Å². The predicted octanol–water partition coefficient (Wildman–Crippen LogP) is 3.43. The summed E-state index contributed by atoms with van der Waals surface area (Å²) in [6.07, 6.45) is 2.56. The molecule has 94 valence electrons. The van der Waals surface area contributed by atoms with Gasteiger partial charge in [0.25, 0.3) is 0 Å². The summed E-state index contributed by atoms with van der Waals surface area (Å²) in [5, 5.41) is 3.62. The fourth-order valence-corrected chi connectivity index (χ4v) is 1.92. The zero-order valence-electron chi connectivity index (χ0n) is 10.5. The van der Waals surface area contributed by atoms with Crippen molar-refractivity contribution in [2.24, 2.45) is 5.92 Å². The zero-order chi connectivity index (χ0) is 12.7. The number of hydrogen-bond acceptors (Lipinski definition) is 1. The molecule has 1 aromatic rings. The number of rotatable bonds is 6. The van der Waals surface area contributed by atoms with Gasteiger partial charge in [-0.25, -0.2) is 0 Å². The minimum absolute atomic E-state index is 0.0463. The van der Waals surface area contributed by atoms with Crippen LogP contribution in [0.25, 0.3) is 0 Å². The lowest BCUT2D eigenvalue weighted by Crippen LogP contribution is -2.30. The van der Waals surface area contributed by atoms with Gasteiger partial charge in [-0.05, 0) is 17.5 Å². The molecule has 0 aliphatic carbocycles. The van der Waals surface area contributed by atoms with Gasteiger partial charge in [0, 0.05) is 11.6 Å². The standard InChI is InChI=1S/C14H20ClNO/c1-3-11(4-2)10-16-14(17)9-12-7-5-6-8-13(12)15/h5-8,11H,3-4,9-10H2,1-2H3,(H,16,17). The molecule has 0 atom stereocenters. The van der Waals surface area contributed by atoms with Crippen molar-refractivity contribution in [3.05, 3.63) is 34.9 Å². The third-order valence-corrected chi connectivity index (χ3v) is 3.42. The van der Waals surface area contributed by atoms with E-state index in [1.165, 1.54) is 0 Å². The van der Waals surface area contributed by atoms with Crippen LogP contribution in [0.5, 0.6) is 0 Å². The number of carbonyl (C=O) groups excluding carboxylic acids is 1.